The first-order chi connectivity index (χ1) is 7.48. The molecule has 0 heterocycles. The average Bonchev–Trinajstić information content (AvgIpc) is 2.21. The number of aliphatic carboxylic acids is 1. The zero-order valence-corrected chi connectivity index (χ0v) is 10.3. The summed E-state index contributed by atoms with van der Waals surface area (Å²) in [5.74, 6) is -1.19. The van der Waals surface area contributed by atoms with Crippen molar-refractivity contribution in [1.82, 2.24) is 4.72 Å². The van der Waals surface area contributed by atoms with Crippen LogP contribution in [0.3, 0.4) is 0 Å². The standard InChI is InChI=1S/C10H19NO4S/c1-2-3-4-5-6-7-8-16(14,15)11-9-10(12)13/h7-8,11H,2-6,9H2,1H3,(H,12,13)/b8-7+. The van der Waals surface area contributed by atoms with Crippen molar-refractivity contribution in [3.05, 3.63) is 11.5 Å². The summed E-state index contributed by atoms with van der Waals surface area (Å²) in [5.41, 5.74) is 0. The van der Waals surface area contributed by atoms with Gasteiger partial charge in [-0.15, -0.1) is 0 Å². The molecule has 0 saturated heterocycles. The van der Waals surface area contributed by atoms with E-state index in [1.807, 2.05) is 4.72 Å². The van der Waals surface area contributed by atoms with E-state index in [1.54, 1.807) is 6.08 Å². The van der Waals surface area contributed by atoms with Crippen LogP contribution < -0.4 is 4.72 Å². The molecule has 5 nitrogen and oxygen atoms in total. The molecule has 0 radical (unpaired) electrons. The Labute approximate surface area is 96.6 Å². The summed E-state index contributed by atoms with van der Waals surface area (Å²) >= 11 is 0. The zero-order valence-electron chi connectivity index (χ0n) is 9.48. The zero-order chi connectivity index (χ0) is 12.4. The van der Waals surface area contributed by atoms with Gasteiger partial charge in [-0.1, -0.05) is 32.3 Å². The van der Waals surface area contributed by atoms with Gasteiger partial charge in [0.05, 0.1) is 0 Å². The number of nitrogens with one attached hydrogen (secondary N) is 1. The van der Waals surface area contributed by atoms with Gasteiger partial charge in [-0.2, -0.15) is 0 Å². The van der Waals surface area contributed by atoms with Gasteiger partial charge < -0.3 is 5.11 Å². The highest BCUT2D eigenvalue weighted by Crippen LogP contribution is 2.03. The largest absolute Gasteiger partial charge is 0.480 e. The molecule has 6 heteroatoms. The van der Waals surface area contributed by atoms with Crippen LogP contribution in [0, 0.1) is 0 Å². The molecule has 0 aromatic heterocycles. The normalized spacial score (nSPS) is 12.1. The molecule has 0 unspecified atom stereocenters. The highest BCUT2D eigenvalue weighted by atomic mass is 32.2. The van der Waals surface area contributed by atoms with Crippen LogP contribution in [0.1, 0.15) is 39.0 Å². The molecule has 0 fully saturated rings. The van der Waals surface area contributed by atoms with E-state index in [-0.39, 0.29) is 0 Å². The maximum atomic E-state index is 11.2. The van der Waals surface area contributed by atoms with Crippen molar-refractivity contribution in [3.8, 4) is 0 Å². The SMILES string of the molecule is CCCCCC/C=C/S(=O)(=O)NCC(=O)O. The van der Waals surface area contributed by atoms with Gasteiger partial charge in [0.2, 0.25) is 10.0 Å². The minimum atomic E-state index is -3.58. The Bertz CT molecular complexity index is 322. The number of hydrogen-bond acceptors (Lipinski definition) is 3. The van der Waals surface area contributed by atoms with Crippen molar-refractivity contribution in [2.45, 2.75) is 39.0 Å². The Morgan fingerprint density at radius 3 is 2.56 bits per heavy atom. The van der Waals surface area contributed by atoms with Crippen LogP contribution in [0.2, 0.25) is 0 Å². The summed E-state index contributed by atoms with van der Waals surface area (Å²) in [5, 5.41) is 9.32. The molecule has 0 spiro atoms. The van der Waals surface area contributed by atoms with Crippen molar-refractivity contribution >= 4 is 16.0 Å². The van der Waals surface area contributed by atoms with Gasteiger partial charge in [0.25, 0.3) is 0 Å². The quantitative estimate of drug-likeness (QED) is 0.606. The first-order valence-corrected chi connectivity index (χ1v) is 6.90. The predicted octanol–water partition coefficient (Wildman–Crippen LogP) is 1.47. The van der Waals surface area contributed by atoms with Crippen molar-refractivity contribution < 1.29 is 18.3 Å². The molecule has 0 aliphatic carbocycles. The summed E-state index contributed by atoms with van der Waals surface area (Å²) in [6, 6.07) is 0. The lowest BCUT2D eigenvalue weighted by Gasteiger charge is -1.98. The van der Waals surface area contributed by atoms with Crippen molar-refractivity contribution in [2.75, 3.05) is 6.54 Å². The van der Waals surface area contributed by atoms with Crippen LogP contribution in [0.4, 0.5) is 0 Å². The molecule has 0 atom stereocenters. The molecule has 0 amide bonds. The van der Waals surface area contributed by atoms with Crippen LogP contribution in [-0.2, 0) is 14.8 Å². The van der Waals surface area contributed by atoms with E-state index in [1.165, 1.54) is 0 Å². The third-order valence-corrected chi connectivity index (χ3v) is 3.02. The van der Waals surface area contributed by atoms with Crippen LogP contribution in [-0.4, -0.2) is 26.0 Å². The van der Waals surface area contributed by atoms with E-state index >= 15 is 0 Å². The number of sulfonamides is 1. The molecule has 0 aliphatic rings. The number of carbonyl (C=O) groups is 1. The summed E-state index contributed by atoms with van der Waals surface area (Å²) in [6.45, 7) is 1.53. The molecule has 94 valence electrons. The molecular weight excluding hydrogens is 230 g/mol. The molecule has 0 aromatic rings. The minimum absolute atomic E-state index is 0.581. The summed E-state index contributed by atoms with van der Waals surface area (Å²) in [7, 11) is -3.58. The first-order valence-electron chi connectivity index (χ1n) is 5.36. The Balaban J connectivity index is 3.79. The van der Waals surface area contributed by atoms with Crippen molar-refractivity contribution in [3.63, 3.8) is 0 Å². The number of allylic oxidation sites excluding steroid dienone is 1. The van der Waals surface area contributed by atoms with Gasteiger partial charge >= 0.3 is 5.97 Å². The molecule has 0 bridgehead atoms. The second kappa shape index (κ2) is 8.29. The van der Waals surface area contributed by atoms with Gasteiger partial charge in [0.1, 0.15) is 6.54 Å². The predicted molar refractivity (Wildman–Crippen MR) is 62.5 cm³/mol. The van der Waals surface area contributed by atoms with Crippen LogP contribution in [0.15, 0.2) is 11.5 Å². The van der Waals surface area contributed by atoms with Gasteiger partial charge in [-0.3, -0.25) is 4.79 Å². The fraction of sp³-hybridized carbons (Fsp3) is 0.700. The smallest absolute Gasteiger partial charge is 0.318 e. The van der Waals surface area contributed by atoms with E-state index in [0.29, 0.717) is 6.42 Å². The van der Waals surface area contributed by atoms with Crippen LogP contribution >= 0.6 is 0 Å². The van der Waals surface area contributed by atoms with E-state index < -0.39 is 22.5 Å². The van der Waals surface area contributed by atoms with E-state index in [9.17, 15) is 13.2 Å². The van der Waals surface area contributed by atoms with Gasteiger partial charge in [-0.05, 0) is 12.8 Å². The number of carboxylic acids is 1. The number of hydrogen-bond donors (Lipinski definition) is 2. The molecule has 0 saturated carbocycles. The minimum Gasteiger partial charge on any atom is -0.480 e. The number of carboxylic acid groups (broad SMARTS) is 1. The first kappa shape index (κ1) is 15.1. The van der Waals surface area contributed by atoms with Gasteiger partial charge in [0, 0.05) is 5.41 Å². The summed E-state index contributed by atoms with van der Waals surface area (Å²) in [6.07, 6.45) is 6.59. The van der Waals surface area contributed by atoms with E-state index in [0.717, 1.165) is 31.1 Å². The van der Waals surface area contributed by atoms with E-state index in [2.05, 4.69) is 6.92 Å². The highest BCUT2D eigenvalue weighted by Gasteiger charge is 2.06. The lowest BCUT2D eigenvalue weighted by Crippen LogP contribution is -2.27. The third-order valence-electron chi connectivity index (χ3n) is 1.92. The van der Waals surface area contributed by atoms with Crippen LogP contribution in [0.5, 0.6) is 0 Å². The maximum absolute atomic E-state index is 11.2. The molecule has 0 aliphatic heterocycles. The summed E-state index contributed by atoms with van der Waals surface area (Å²) in [4.78, 5) is 10.1. The topological polar surface area (TPSA) is 83.5 Å². The monoisotopic (exact) mass is 249 g/mol. The third kappa shape index (κ3) is 9.67. The van der Waals surface area contributed by atoms with E-state index in [4.69, 9.17) is 5.11 Å². The number of rotatable bonds is 9. The summed E-state index contributed by atoms with van der Waals surface area (Å²) < 4.78 is 24.3. The second-order valence-corrected chi connectivity index (χ2v) is 5.13. The molecule has 2 N–H and O–H groups in total. The lowest BCUT2D eigenvalue weighted by molar-refractivity contribution is -0.135. The van der Waals surface area contributed by atoms with Crippen molar-refractivity contribution in [1.29, 1.82) is 0 Å². The van der Waals surface area contributed by atoms with Gasteiger partial charge in [0.15, 0.2) is 0 Å². The van der Waals surface area contributed by atoms with Gasteiger partial charge in [-0.25, -0.2) is 13.1 Å². The molecular formula is C10H19NO4S. The average molecular weight is 249 g/mol. The Kier molecular flexibility index (Phi) is 7.84. The molecule has 16 heavy (non-hydrogen) atoms. The Hall–Kier alpha value is -0.880. The maximum Gasteiger partial charge on any atom is 0.318 e. The van der Waals surface area contributed by atoms with Crippen molar-refractivity contribution in [2.24, 2.45) is 0 Å². The fourth-order valence-electron chi connectivity index (χ4n) is 1.09. The molecule has 0 aromatic carbocycles. The fourth-order valence-corrected chi connectivity index (χ4v) is 1.90. The Morgan fingerprint density at radius 2 is 2.00 bits per heavy atom. The lowest BCUT2D eigenvalue weighted by atomic mass is 10.2. The number of unbranched alkanes of at least 4 members (excludes halogenated alkanes) is 4. The molecule has 0 rings (SSSR count). The Morgan fingerprint density at radius 1 is 1.31 bits per heavy atom. The highest BCUT2D eigenvalue weighted by molar-refractivity contribution is 7.92. The van der Waals surface area contributed by atoms with Crippen LogP contribution in [0.25, 0.3) is 0 Å². The second-order valence-electron chi connectivity index (χ2n) is 3.48.